The Morgan fingerprint density at radius 1 is 1.21 bits per heavy atom. The molecular formula is C22H31N3O3. The number of nitrogens with zero attached hydrogens (tertiary/aromatic N) is 2. The van der Waals surface area contributed by atoms with Crippen LogP contribution in [0.2, 0.25) is 0 Å². The predicted octanol–water partition coefficient (Wildman–Crippen LogP) is 1.76. The molecule has 2 heterocycles. The van der Waals surface area contributed by atoms with Crippen molar-refractivity contribution < 1.29 is 14.3 Å². The maximum absolute atomic E-state index is 12.8. The van der Waals surface area contributed by atoms with E-state index in [1.165, 1.54) is 17.5 Å². The molecule has 0 bridgehead atoms. The smallest absolute Gasteiger partial charge is 0.227 e. The fourth-order valence-electron chi connectivity index (χ4n) is 4.59. The summed E-state index contributed by atoms with van der Waals surface area (Å²) in [5.74, 6) is -0.245. The van der Waals surface area contributed by atoms with Gasteiger partial charge in [-0.25, -0.2) is 0 Å². The molecule has 1 unspecified atom stereocenters. The maximum atomic E-state index is 12.8. The highest BCUT2D eigenvalue weighted by molar-refractivity contribution is 6.00. The molecule has 2 fully saturated rings. The number of ether oxygens (including phenoxy) is 1. The number of hydrogen-bond donors (Lipinski definition) is 1. The molecule has 1 aliphatic carbocycles. The molecule has 0 saturated carbocycles. The molecule has 2 saturated heterocycles. The summed E-state index contributed by atoms with van der Waals surface area (Å²) < 4.78 is 5.42. The van der Waals surface area contributed by atoms with Crippen LogP contribution in [0.3, 0.4) is 0 Å². The van der Waals surface area contributed by atoms with Crippen LogP contribution in [-0.2, 0) is 27.2 Å². The number of anilines is 1. The number of fused-ring (bicyclic) bond motifs is 1. The first-order valence-corrected chi connectivity index (χ1v) is 10.5. The van der Waals surface area contributed by atoms with Crippen LogP contribution < -0.4 is 10.2 Å². The van der Waals surface area contributed by atoms with E-state index in [1.807, 2.05) is 6.07 Å². The minimum Gasteiger partial charge on any atom is -0.379 e. The second-order valence-corrected chi connectivity index (χ2v) is 8.84. The normalized spacial score (nSPS) is 23.1. The summed E-state index contributed by atoms with van der Waals surface area (Å²) in [4.78, 5) is 29.5. The Bertz CT molecular complexity index is 755. The molecule has 4 rings (SSSR count). The Kier molecular flexibility index (Phi) is 5.43. The summed E-state index contributed by atoms with van der Waals surface area (Å²) >= 11 is 0. The SMILES string of the molecule is CC(C)(CNC(=O)C1CC(=O)N(c2ccc3c(c2)CCC3)C1)N1CCOCC1. The fraction of sp³-hybridized carbons (Fsp3) is 0.636. The molecule has 3 aliphatic rings. The van der Waals surface area contributed by atoms with E-state index < -0.39 is 0 Å². The fourth-order valence-corrected chi connectivity index (χ4v) is 4.59. The van der Waals surface area contributed by atoms with E-state index in [4.69, 9.17) is 4.74 Å². The Morgan fingerprint density at radius 3 is 2.75 bits per heavy atom. The number of morpholine rings is 1. The summed E-state index contributed by atoms with van der Waals surface area (Å²) in [5, 5.41) is 3.10. The third-order valence-electron chi connectivity index (χ3n) is 6.45. The van der Waals surface area contributed by atoms with Gasteiger partial charge in [-0.05, 0) is 56.4 Å². The molecule has 0 aromatic heterocycles. The van der Waals surface area contributed by atoms with Gasteiger partial charge in [0.1, 0.15) is 0 Å². The van der Waals surface area contributed by atoms with Gasteiger partial charge in [-0.15, -0.1) is 0 Å². The van der Waals surface area contributed by atoms with Crippen LogP contribution in [0.25, 0.3) is 0 Å². The monoisotopic (exact) mass is 385 g/mol. The Hall–Kier alpha value is -1.92. The zero-order chi connectivity index (χ0) is 19.7. The molecule has 1 aromatic carbocycles. The van der Waals surface area contributed by atoms with Gasteiger partial charge in [0.2, 0.25) is 11.8 Å². The van der Waals surface area contributed by atoms with E-state index in [0.717, 1.165) is 44.8 Å². The third-order valence-corrected chi connectivity index (χ3v) is 6.45. The zero-order valence-corrected chi connectivity index (χ0v) is 17.0. The molecule has 6 nitrogen and oxygen atoms in total. The van der Waals surface area contributed by atoms with Crippen LogP contribution in [0.4, 0.5) is 5.69 Å². The summed E-state index contributed by atoms with van der Waals surface area (Å²) in [6.07, 6.45) is 3.71. The molecule has 6 heteroatoms. The van der Waals surface area contributed by atoms with Gasteiger partial charge in [-0.3, -0.25) is 14.5 Å². The Labute approximate surface area is 167 Å². The van der Waals surface area contributed by atoms with Crippen molar-refractivity contribution in [1.82, 2.24) is 10.2 Å². The van der Waals surface area contributed by atoms with E-state index in [2.05, 4.69) is 36.2 Å². The molecule has 1 aromatic rings. The van der Waals surface area contributed by atoms with Gasteiger partial charge in [0.15, 0.2) is 0 Å². The third kappa shape index (κ3) is 3.94. The highest BCUT2D eigenvalue weighted by Crippen LogP contribution is 2.30. The minimum absolute atomic E-state index is 0.0154. The standard InChI is InChI=1S/C22H31N3O3/c1-22(2,24-8-10-28-11-9-24)15-23-21(27)18-13-20(26)25(14-18)19-7-6-16-4-3-5-17(16)12-19/h6-7,12,18H,3-5,8-11,13-15H2,1-2H3,(H,23,27). The number of carbonyl (C=O) groups is 2. The second kappa shape index (κ2) is 7.84. The molecule has 2 amide bonds. The van der Waals surface area contributed by atoms with Crippen molar-refractivity contribution in [3.05, 3.63) is 29.3 Å². The van der Waals surface area contributed by atoms with Crippen LogP contribution in [0.1, 0.15) is 37.8 Å². The average molecular weight is 386 g/mol. The van der Waals surface area contributed by atoms with Crippen LogP contribution >= 0.6 is 0 Å². The first kappa shape index (κ1) is 19.4. The van der Waals surface area contributed by atoms with Crippen molar-refractivity contribution in [2.24, 2.45) is 5.92 Å². The van der Waals surface area contributed by atoms with Gasteiger partial charge in [-0.2, -0.15) is 0 Å². The molecule has 0 spiro atoms. The molecule has 2 aliphatic heterocycles. The van der Waals surface area contributed by atoms with Crippen molar-refractivity contribution in [2.75, 3.05) is 44.3 Å². The molecule has 1 atom stereocenters. The first-order chi connectivity index (χ1) is 13.4. The van der Waals surface area contributed by atoms with Crippen molar-refractivity contribution in [2.45, 2.75) is 45.1 Å². The number of hydrogen-bond acceptors (Lipinski definition) is 4. The van der Waals surface area contributed by atoms with Gasteiger partial charge in [0.05, 0.1) is 19.1 Å². The maximum Gasteiger partial charge on any atom is 0.227 e. The highest BCUT2D eigenvalue weighted by Gasteiger charge is 2.36. The Balaban J connectivity index is 1.35. The highest BCUT2D eigenvalue weighted by atomic mass is 16.5. The topological polar surface area (TPSA) is 61.9 Å². The van der Waals surface area contributed by atoms with Crippen molar-refractivity contribution in [3.63, 3.8) is 0 Å². The average Bonchev–Trinajstić information content (AvgIpc) is 3.32. The molecule has 152 valence electrons. The number of benzene rings is 1. The summed E-state index contributed by atoms with van der Waals surface area (Å²) in [7, 11) is 0. The molecule has 0 radical (unpaired) electrons. The number of carbonyl (C=O) groups excluding carboxylic acids is 2. The van der Waals surface area contributed by atoms with Crippen LogP contribution in [0.5, 0.6) is 0 Å². The van der Waals surface area contributed by atoms with E-state index >= 15 is 0 Å². The van der Waals surface area contributed by atoms with E-state index in [-0.39, 0.29) is 23.3 Å². The van der Waals surface area contributed by atoms with E-state index in [1.54, 1.807) is 4.90 Å². The van der Waals surface area contributed by atoms with Crippen LogP contribution in [0, 0.1) is 5.92 Å². The quantitative estimate of drug-likeness (QED) is 0.839. The summed E-state index contributed by atoms with van der Waals surface area (Å²) in [6.45, 7) is 8.60. The van der Waals surface area contributed by atoms with E-state index in [0.29, 0.717) is 19.5 Å². The number of aryl methyl sites for hydroxylation is 2. The van der Waals surface area contributed by atoms with Gasteiger partial charge < -0.3 is 15.0 Å². The summed E-state index contributed by atoms with van der Waals surface area (Å²) in [6, 6.07) is 6.31. The lowest BCUT2D eigenvalue weighted by Gasteiger charge is -2.41. The Morgan fingerprint density at radius 2 is 1.96 bits per heavy atom. The molecule has 1 N–H and O–H groups in total. The molecule has 28 heavy (non-hydrogen) atoms. The lowest BCUT2D eigenvalue weighted by molar-refractivity contribution is -0.127. The second-order valence-electron chi connectivity index (χ2n) is 8.84. The predicted molar refractivity (Wildman–Crippen MR) is 108 cm³/mol. The van der Waals surface area contributed by atoms with Crippen molar-refractivity contribution >= 4 is 17.5 Å². The largest absolute Gasteiger partial charge is 0.379 e. The lowest BCUT2D eigenvalue weighted by Crippen LogP contribution is -2.55. The number of nitrogens with one attached hydrogen (secondary N) is 1. The van der Waals surface area contributed by atoms with Crippen LogP contribution in [-0.4, -0.2) is 61.6 Å². The van der Waals surface area contributed by atoms with Gasteiger partial charge in [-0.1, -0.05) is 6.07 Å². The van der Waals surface area contributed by atoms with Crippen molar-refractivity contribution in [1.29, 1.82) is 0 Å². The number of rotatable bonds is 5. The lowest BCUT2D eigenvalue weighted by atomic mass is 10.0. The summed E-state index contributed by atoms with van der Waals surface area (Å²) in [5.41, 5.74) is 3.57. The van der Waals surface area contributed by atoms with Gasteiger partial charge in [0, 0.05) is 43.8 Å². The van der Waals surface area contributed by atoms with E-state index in [9.17, 15) is 9.59 Å². The van der Waals surface area contributed by atoms with Crippen LogP contribution in [0.15, 0.2) is 18.2 Å². The van der Waals surface area contributed by atoms with Gasteiger partial charge >= 0.3 is 0 Å². The number of amides is 2. The first-order valence-electron chi connectivity index (χ1n) is 10.5. The van der Waals surface area contributed by atoms with Crippen molar-refractivity contribution in [3.8, 4) is 0 Å². The minimum atomic E-state index is -0.277. The zero-order valence-electron chi connectivity index (χ0n) is 17.0. The van der Waals surface area contributed by atoms with Gasteiger partial charge in [0.25, 0.3) is 0 Å². The molecular weight excluding hydrogens is 354 g/mol.